The van der Waals surface area contributed by atoms with Gasteiger partial charge in [0.2, 0.25) is 0 Å². The van der Waals surface area contributed by atoms with E-state index in [0.717, 1.165) is 5.57 Å². The first-order valence-corrected chi connectivity index (χ1v) is 3.12. The maximum Gasteiger partial charge on any atom is 0.316 e. The van der Waals surface area contributed by atoms with Crippen molar-refractivity contribution >= 4 is 6.03 Å². The molecule has 0 spiro atoms. The standard InChI is InChI=1S/C8H12N2O/c1-4-7(5-6(2)3)10-8(9)11/h4-5H,1-2H2,3H3,(H3,9,10,11)/b7-5+. The van der Waals surface area contributed by atoms with Crippen LogP contribution in [0.1, 0.15) is 6.92 Å². The number of carbonyl (C=O) groups excluding carboxylic acids is 1. The van der Waals surface area contributed by atoms with E-state index in [2.05, 4.69) is 18.5 Å². The van der Waals surface area contributed by atoms with Crippen LogP contribution in [0.25, 0.3) is 0 Å². The minimum atomic E-state index is -0.600. The largest absolute Gasteiger partial charge is 0.351 e. The van der Waals surface area contributed by atoms with Crippen LogP contribution in [0.5, 0.6) is 0 Å². The lowest BCUT2D eigenvalue weighted by molar-refractivity contribution is 0.251. The lowest BCUT2D eigenvalue weighted by atomic mass is 10.3. The molecule has 3 nitrogen and oxygen atoms in total. The Morgan fingerprint density at radius 2 is 2.18 bits per heavy atom. The summed E-state index contributed by atoms with van der Waals surface area (Å²) < 4.78 is 0. The summed E-state index contributed by atoms with van der Waals surface area (Å²) in [5.74, 6) is 0. The average Bonchev–Trinajstić information content (AvgIpc) is 1.84. The topological polar surface area (TPSA) is 55.1 Å². The maximum atomic E-state index is 10.3. The molecular weight excluding hydrogens is 140 g/mol. The van der Waals surface area contributed by atoms with Gasteiger partial charge < -0.3 is 11.1 Å². The summed E-state index contributed by atoms with van der Waals surface area (Å²) in [5, 5.41) is 2.38. The number of primary amides is 1. The van der Waals surface area contributed by atoms with Crippen LogP contribution in [0.2, 0.25) is 0 Å². The Morgan fingerprint density at radius 1 is 1.64 bits per heavy atom. The van der Waals surface area contributed by atoms with E-state index in [1.807, 2.05) is 6.92 Å². The third-order valence-electron chi connectivity index (χ3n) is 0.889. The molecule has 0 aliphatic heterocycles. The lowest BCUT2D eigenvalue weighted by Gasteiger charge is -2.00. The molecule has 0 bridgehead atoms. The van der Waals surface area contributed by atoms with Crippen LogP contribution in [0.3, 0.4) is 0 Å². The molecule has 3 N–H and O–H groups in total. The van der Waals surface area contributed by atoms with Crippen molar-refractivity contribution in [2.75, 3.05) is 0 Å². The Bertz CT molecular complexity index is 216. The highest BCUT2D eigenvalue weighted by Gasteiger charge is 1.93. The molecule has 3 heteroatoms. The van der Waals surface area contributed by atoms with Crippen LogP contribution in [0.4, 0.5) is 4.79 Å². The number of carbonyl (C=O) groups is 1. The third-order valence-corrected chi connectivity index (χ3v) is 0.889. The smallest absolute Gasteiger partial charge is 0.316 e. The summed E-state index contributed by atoms with van der Waals surface area (Å²) >= 11 is 0. The second-order valence-electron chi connectivity index (χ2n) is 2.14. The van der Waals surface area contributed by atoms with Gasteiger partial charge in [-0.3, -0.25) is 0 Å². The lowest BCUT2D eigenvalue weighted by Crippen LogP contribution is -2.27. The minimum Gasteiger partial charge on any atom is -0.351 e. The average molecular weight is 152 g/mol. The molecule has 0 aromatic rings. The van der Waals surface area contributed by atoms with E-state index < -0.39 is 6.03 Å². The SMILES string of the molecule is C=C/C(=C\C(=C)C)NC(N)=O. The van der Waals surface area contributed by atoms with Crippen molar-refractivity contribution in [2.24, 2.45) is 5.73 Å². The molecule has 0 aliphatic carbocycles. The molecule has 0 aromatic carbocycles. The van der Waals surface area contributed by atoms with E-state index in [1.54, 1.807) is 6.08 Å². The van der Waals surface area contributed by atoms with Crippen LogP contribution in [0.15, 0.2) is 36.6 Å². The molecule has 0 aliphatic rings. The number of rotatable bonds is 3. The second-order valence-corrected chi connectivity index (χ2v) is 2.14. The fourth-order valence-electron chi connectivity index (χ4n) is 0.554. The van der Waals surface area contributed by atoms with Crippen LogP contribution in [-0.4, -0.2) is 6.03 Å². The first-order valence-electron chi connectivity index (χ1n) is 3.12. The number of urea groups is 1. The molecule has 0 radical (unpaired) electrons. The molecule has 0 unspecified atom stereocenters. The molecule has 0 fully saturated rings. The molecule has 0 atom stereocenters. The predicted octanol–water partition coefficient (Wildman–Crippen LogP) is 1.30. The third kappa shape index (κ3) is 4.96. The van der Waals surface area contributed by atoms with Gasteiger partial charge in [-0.25, -0.2) is 4.79 Å². The maximum absolute atomic E-state index is 10.3. The van der Waals surface area contributed by atoms with Gasteiger partial charge in [-0.2, -0.15) is 0 Å². The summed E-state index contributed by atoms with van der Waals surface area (Å²) in [5.41, 5.74) is 6.26. The van der Waals surface area contributed by atoms with Gasteiger partial charge in [0.05, 0.1) is 0 Å². The van der Waals surface area contributed by atoms with Crippen molar-refractivity contribution in [2.45, 2.75) is 6.92 Å². The zero-order chi connectivity index (χ0) is 8.85. The number of allylic oxidation sites excluding steroid dienone is 3. The van der Waals surface area contributed by atoms with Gasteiger partial charge in [0.1, 0.15) is 0 Å². The first-order chi connectivity index (χ1) is 5.06. The van der Waals surface area contributed by atoms with Gasteiger partial charge in [0.25, 0.3) is 0 Å². The summed E-state index contributed by atoms with van der Waals surface area (Å²) in [7, 11) is 0. The van der Waals surface area contributed by atoms with Crippen LogP contribution in [-0.2, 0) is 0 Å². The summed E-state index contributed by atoms with van der Waals surface area (Å²) in [6.07, 6.45) is 3.18. The second kappa shape index (κ2) is 4.33. The quantitative estimate of drug-likeness (QED) is 0.588. The Labute approximate surface area is 66.3 Å². The number of hydrogen-bond donors (Lipinski definition) is 2. The van der Waals surface area contributed by atoms with Crippen LogP contribution in [0, 0.1) is 0 Å². The monoisotopic (exact) mass is 152 g/mol. The molecule has 0 saturated heterocycles. The molecule has 0 saturated carbocycles. The molecule has 60 valence electrons. The Hall–Kier alpha value is -1.51. The Morgan fingerprint density at radius 3 is 2.45 bits per heavy atom. The van der Waals surface area contributed by atoms with Crippen molar-refractivity contribution < 1.29 is 4.79 Å². The Kier molecular flexibility index (Phi) is 3.73. The molecular formula is C8H12N2O. The number of amides is 2. The highest BCUT2D eigenvalue weighted by atomic mass is 16.2. The van der Waals surface area contributed by atoms with E-state index in [0.29, 0.717) is 5.70 Å². The van der Waals surface area contributed by atoms with Crippen molar-refractivity contribution in [1.82, 2.24) is 5.32 Å². The zero-order valence-electron chi connectivity index (χ0n) is 6.55. The van der Waals surface area contributed by atoms with E-state index in [9.17, 15) is 4.79 Å². The van der Waals surface area contributed by atoms with Gasteiger partial charge in [0, 0.05) is 5.70 Å². The first kappa shape index (κ1) is 9.49. The van der Waals surface area contributed by atoms with Crippen molar-refractivity contribution in [1.29, 1.82) is 0 Å². The number of nitrogens with one attached hydrogen (secondary N) is 1. The summed E-state index contributed by atoms with van der Waals surface area (Å²) in [6.45, 7) is 8.93. The molecule has 0 heterocycles. The van der Waals surface area contributed by atoms with Crippen molar-refractivity contribution in [3.8, 4) is 0 Å². The summed E-state index contributed by atoms with van der Waals surface area (Å²) in [6, 6.07) is -0.600. The molecule has 0 rings (SSSR count). The summed E-state index contributed by atoms with van der Waals surface area (Å²) in [4.78, 5) is 10.3. The Balaban J connectivity index is 4.28. The molecule has 0 aromatic heterocycles. The van der Waals surface area contributed by atoms with E-state index in [-0.39, 0.29) is 0 Å². The number of nitrogens with two attached hydrogens (primary N) is 1. The van der Waals surface area contributed by atoms with Gasteiger partial charge in [-0.05, 0) is 19.1 Å². The minimum absolute atomic E-state index is 0.560. The van der Waals surface area contributed by atoms with Gasteiger partial charge >= 0.3 is 6.03 Å². The fourth-order valence-corrected chi connectivity index (χ4v) is 0.554. The van der Waals surface area contributed by atoms with Gasteiger partial charge in [-0.1, -0.05) is 18.7 Å². The van der Waals surface area contributed by atoms with E-state index in [4.69, 9.17) is 5.73 Å². The fraction of sp³-hybridized carbons (Fsp3) is 0.125. The normalized spacial score (nSPS) is 10.5. The van der Waals surface area contributed by atoms with E-state index in [1.165, 1.54) is 6.08 Å². The van der Waals surface area contributed by atoms with Crippen LogP contribution >= 0.6 is 0 Å². The molecule has 11 heavy (non-hydrogen) atoms. The van der Waals surface area contributed by atoms with Crippen molar-refractivity contribution in [3.63, 3.8) is 0 Å². The highest BCUT2D eigenvalue weighted by molar-refractivity contribution is 5.74. The highest BCUT2D eigenvalue weighted by Crippen LogP contribution is 1.96. The van der Waals surface area contributed by atoms with Gasteiger partial charge in [0.15, 0.2) is 0 Å². The van der Waals surface area contributed by atoms with Crippen molar-refractivity contribution in [3.05, 3.63) is 36.6 Å². The predicted molar refractivity (Wildman–Crippen MR) is 45.8 cm³/mol. The number of hydrogen-bond acceptors (Lipinski definition) is 1. The van der Waals surface area contributed by atoms with Crippen LogP contribution < -0.4 is 11.1 Å². The van der Waals surface area contributed by atoms with Gasteiger partial charge in [-0.15, -0.1) is 0 Å². The molecule has 2 amide bonds. The van der Waals surface area contributed by atoms with E-state index >= 15 is 0 Å². The zero-order valence-corrected chi connectivity index (χ0v) is 6.55.